The van der Waals surface area contributed by atoms with Gasteiger partial charge in [-0.15, -0.1) is 0 Å². The molecule has 21 heavy (non-hydrogen) atoms. The van der Waals surface area contributed by atoms with Crippen LogP contribution in [0.4, 0.5) is 0 Å². The van der Waals surface area contributed by atoms with Gasteiger partial charge in [0, 0.05) is 23.9 Å². The highest BCUT2D eigenvalue weighted by Crippen LogP contribution is 2.17. The molecule has 0 saturated heterocycles. The summed E-state index contributed by atoms with van der Waals surface area (Å²) in [5.41, 5.74) is 1.28. The van der Waals surface area contributed by atoms with Gasteiger partial charge in [-0.05, 0) is 18.2 Å². The van der Waals surface area contributed by atoms with Crippen LogP contribution in [0.1, 0.15) is 15.9 Å². The van der Waals surface area contributed by atoms with Gasteiger partial charge in [-0.1, -0.05) is 29.8 Å². The van der Waals surface area contributed by atoms with E-state index in [0.29, 0.717) is 17.9 Å². The minimum Gasteiger partial charge on any atom is -0.491 e. The van der Waals surface area contributed by atoms with E-state index in [0.717, 1.165) is 5.56 Å². The molecule has 0 radical (unpaired) electrons. The lowest BCUT2D eigenvalue weighted by atomic mass is 10.2. The number of nitrogens with one attached hydrogen (secondary N) is 1. The maximum atomic E-state index is 12.0. The number of carbonyl (C=O) groups excluding carboxylic acids is 1. The van der Waals surface area contributed by atoms with Crippen molar-refractivity contribution in [2.75, 3.05) is 13.2 Å². The number of aliphatic hydroxyl groups excluding tert-OH is 1. The topological polar surface area (TPSA) is 71.5 Å². The standard InChI is InChI=1S/C15H15ClN2O3/c16-14-9-11(5-6-17-14)15(20)18-10-12-3-1-2-4-13(12)21-8-7-19/h1-6,9,19H,7-8,10H2,(H,18,20). The Hall–Kier alpha value is -2.11. The highest BCUT2D eigenvalue weighted by atomic mass is 35.5. The predicted molar refractivity (Wildman–Crippen MR) is 79.4 cm³/mol. The first-order chi connectivity index (χ1) is 10.2. The highest BCUT2D eigenvalue weighted by Gasteiger charge is 2.08. The fourth-order valence-electron chi connectivity index (χ4n) is 1.77. The Morgan fingerprint density at radius 1 is 1.33 bits per heavy atom. The lowest BCUT2D eigenvalue weighted by molar-refractivity contribution is 0.0950. The largest absolute Gasteiger partial charge is 0.491 e. The Labute approximate surface area is 127 Å². The molecule has 1 aromatic carbocycles. The Kier molecular flexibility index (Phi) is 5.54. The number of halogens is 1. The van der Waals surface area contributed by atoms with E-state index in [2.05, 4.69) is 10.3 Å². The maximum absolute atomic E-state index is 12.0. The van der Waals surface area contributed by atoms with E-state index in [9.17, 15) is 4.79 Å². The van der Waals surface area contributed by atoms with Crippen molar-refractivity contribution in [1.29, 1.82) is 0 Å². The van der Waals surface area contributed by atoms with Gasteiger partial charge in [0.05, 0.1) is 6.61 Å². The van der Waals surface area contributed by atoms with Crippen LogP contribution in [0.15, 0.2) is 42.6 Å². The Morgan fingerprint density at radius 2 is 2.14 bits per heavy atom. The maximum Gasteiger partial charge on any atom is 0.251 e. The van der Waals surface area contributed by atoms with Crippen LogP contribution in [0.3, 0.4) is 0 Å². The summed E-state index contributed by atoms with van der Waals surface area (Å²) in [6.45, 7) is 0.474. The normalized spacial score (nSPS) is 10.2. The summed E-state index contributed by atoms with van der Waals surface area (Å²) in [6.07, 6.45) is 1.48. The molecular weight excluding hydrogens is 292 g/mol. The van der Waals surface area contributed by atoms with Crippen molar-refractivity contribution in [2.45, 2.75) is 6.54 Å². The van der Waals surface area contributed by atoms with Crippen molar-refractivity contribution >= 4 is 17.5 Å². The van der Waals surface area contributed by atoms with Crippen molar-refractivity contribution in [3.8, 4) is 5.75 Å². The molecule has 6 heteroatoms. The Bertz CT molecular complexity index is 619. The zero-order valence-electron chi connectivity index (χ0n) is 11.3. The first-order valence-corrected chi connectivity index (χ1v) is 6.80. The lowest BCUT2D eigenvalue weighted by Gasteiger charge is -2.11. The van der Waals surface area contributed by atoms with Gasteiger partial charge in [-0.25, -0.2) is 4.98 Å². The number of aliphatic hydroxyl groups is 1. The Balaban J connectivity index is 2.01. The number of pyridine rings is 1. The van der Waals surface area contributed by atoms with Crippen molar-refractivity contribution < 1.29 is 14.6 Å². The van der Waals surface area contributed by atoms with Crippen LogP contribution < -0.4 is 10.1 Å². The molecule has 2 N–H and O–H groups in total. The number of aromatic nitrogens is 1. The van der Waals surface area contributed by atoms with Gasteiger partial charge < -0.3 is 15.2 Å². The van der Waals surface area contributed by atoms with Crippen LogP contribution in [-0.2, 0) is 6.54 Å². The van der Waals surface area contributed by atoms with E-state index in [1.165, 1.54) is 12.3 Å². The second-order valence-electron chi connectivity index (χ2n) is 4.23. The number of hydrogen-bond donors (Lipinski definition) is 2. The second-order valence-corrected chi connectivity index (χ2v) is 4.62. The summed E-state index contributed by atoms with van der Waals surface area (Å²) < 4.78 is 5.41. The molecule has 0 aliphatic rings. The molecule has 0 aliphatic carbocycles. The molecule has 1 aromatic heterocycles. The minimum absolute atomic E-state index is 0.0593. The summed E-state index contributed by atoms with van der Waals surface area (Å²) in [4.78, 5) is 15.8. The molecular formula is C15H15ClN2O3. The number of benzene rings is 1. The number of hydrogen-bond acceptors (Lipinski definition) is 4. The van der Waals surface area contributed by atoms with Gasteiger partial charge >= 0.3 is 0 Å². The second kappa shape index (κ2) is 7.61. The zero-order chi connectivity index (χ0) is 15.1. The van der Waals surface area contributed by atoms with Gasteiger partial charge in [-0.3, -0.25) is 4.79 Å². The molecule has 5 nitrogen and oxygen atoms in total. The van der Waals surface area contributed by atoms with E-state index in [4.69, 9.17) is 21.4 Å². The number of nitrogens with zero attached hydrogens (tertiary/aromatic N) is 1. The van der Waals surface area contributed by atoms with Gasteiger partial charge in [0.1, 0.15) is 17.5 Å². The number of carbonyl (C=O) groups is 1. The molecule has 2 rings (SSSR count). The number of ether oxygens (including phenoxy) is 1. The number of amides is 1. The molecule has 0 unspecified atom stereocenters. The molecule has 2 aromatic rings. The molecule has 110 valence electrons. The van der Waals surface area contributed by atoms with Gasteiger partial charge in [0.2, 0.25) is 0 Å². The molecule has 0 fully saturated rings. The van der Waals surface area contributed by atoms with Crippen molar-refractivity contribution in [3.05, 3.63) is 58.9 Å². The molecule has 0 aliphatic heterocycles. The zero-order valence-corrected chi connectivity index (χ0v) is 12.0. The molecule has 0 atom stereocenters. The fraction of sp³-hybridized carbons (Fsp3) is 0.200. The highest BCUT2D eigenvalue weighted by molar-refractivity contribution is 6.29. The van der Waals surface area contributed by atoms with E-state index in [-0.39, 0.29) is 24.3 Å². The SMILES string of the molecule is O=C(NCc1ccccc1OCCO)c1ccnc(Cl)c1. The van der Waals surface area contributed by atoms with Gasteiger partial charge in [-0.2, -0.15) is 0 Å². The first-order valence-electron chi connectivity index (χ1n) is 6.42. The van der Waals surface area contributed by atoms with E-state index in [1.807, 2.05) is 18.2 Å². The molecule has 0 saturated carbocycles. The summed E-state index contributed by atoms with van der Waals surface area (Å²) in [6, 6.07) is 10.4. The summed E-state index contributed by atoms with van der Waals surface area (Å²) >= 11 is 5.75. The number of rotatable bonds is 6. The van der Waals surface area contributed by atoms with Gasteiger partial charge in [0.15, 0.2) is 0 Å². The van der Waals surface area contributed by atoms with Crippen molar-refractivity contribution in [2.24, 2.45) is 0 Å². The van der Waals surface area contributed by atoms with E-state index < -0.39 is 0 Å². The van der Waals surface area contributed by atoms with Crippen LogP contribution >= 0.6 is 11.6 Å². The minimum atomic E-state index is -0.240. The van der Waals surface area contributed by atoms with Crippen LogP contribution in [-0.4, -0.2) is 29.2 Å². The summed E-state index contributed by atoms with van der Waals surface area (Å²) in [5, 5.41) is 11.9. The van der Waals surface area contributed by atoms with Crippen molar-refractivity contribution in [1.82, 2.24) is 10.3 Å². The molecule has 1 amide bonds. The van der Waals surface area contributed by atoms with Crippen molar-refractivity contribution in [3.63, 3.8) is 0 Å². The quantitative estimate of drug-likeness (QED) is 0.801. The van der Waals surface area contributed by atoms with Crippen LogP contribution in [0.5, 0.6) is 5.75 Å². The average Bonchev–Trinajstić information content (AvgIpc) is 2.51. The third kappa shape index (κ3) is 4.44. The fourth-order valence-corrected chi connectivity index (χ4v) is 1.94. The number of para-hydroxylation sites is 1. The third-order valence-corrected chi connectivity index (χ3v) is 2.96. The van der Waals surface area contributed by atoms with Crippen LogP contribution in [0, 0.1) is 0 Å². The first kappa shape index (κ1) is 15.3. The predicted octanol–water partition coefficient (Wildman–Crippen LogP) is 2.04. The van der Waals surface area contributed by atoms with Gasteiger partial charge in [0.25, 0.3) is 5.91 Å². The van der Waals surface area contributed by atoms with E-state index in [1.54, 1.807) is 12.1 Å². The summed E-state index contributed by atoms with van der Waals surface area (Å²) in [7, 11) is 0. The van der Waals surface area contributed by atoms with Crippen LogP contribution in [0.2, 0.25) is 5.15 Å². The average molecular weight is 307 g/mol. The third-order valence-electron chi connectivity index (χ3n) is 2.75. The molecule has 0 bridgehead atoms. The molecule has 1 heterocycles. The van der Waals surface area contributed by atoms with Crippen LogP contribution in [0.25, 0.3) is 0 Å². The van der Waals surface area contributed by atoms with E-state index >= 15 is 0 Å². The summed E-state index contributed by atoms with van der Waals surface area (Å²) in [5.74, 6) is 0.399. The Morgan fingerprint density at radius 3 is 2.90 bits per heavy atom. The molecule has 0 spiro atoms. The monoisotopic (exact) mass is 306 g/mol. The smallest absolute Gasteiger partial charge is 0.251 e. The lowest BCUT2D eigenvalue weighted by Crippen LogP contribution is -2.23.